The fraction of sp³-hybridized carbons (Fsp3) is 0.207. The van der Waals surface area contributed by atoms with E-state index >= 15 is 0 Å². The van der Waals surface area contributed by atoms with E-state index in [1.807, 2.05) is 67.8 Å². The molecule has 1 aliphatic heterocycles. The zero-order valence-electron chi connectivity index (χ0n) is 19.8. The first kappa shape index (κ1) is 23.5. The van der Waals surface area contributed by atoms with Crippen LogP contribution in [-0.2, 0) is 15.2 Å². The molecule has 0 radical (unpaired) electrons. The summed E-state index contributed by atoms with van der Waals surface area (Å²) in [6.45, 7) is 3.74. The lowest BCUT2D eigenvalue weighted by Gasteiger charge is -2.51. The minimum Gasteiger partial charge on any atom is -0.459 e. The van der Waals surface area contributed by atoms with Crippen LogP contribution >= 0.6 is 22.7 Å². The Bertz CT molecular complexity index is 1300. The largest absolute Gasteiger partial charge is 0.459 e. The molecule has 1 aliphatic rings. The summed E-state index contributed by atoms with van der Waals surface area (Å²) in [5.74, 6) is -0.375. The standard InChI is InChI=1S/C29H28N2O2S2/c1-20(2)33-28(32)27-23(21-11-5-3-6-12-21)19-24(25-15-9-17-34-25)31(22-13-7-4-8-14-22)29(27,30)26-16-10-18-35-26/h3-18,20,24H,19,30H2,1-2H3. The molecule has 35 heavy (non-hydrogen) atoms. The van der Waals surface area contributed by atoms with Crippen LogP contribution in [0.15, 0.2) is 101 Å². The van der Waals surface area contributed by atoms with Gasteiger partial charge < -0.3 is 15.4 Å². The molecule has 2 N–H and O–H groups in total. The molecule has 2 aromatic carbocycles. The van der Waals surface area contributed by atoms with Crippen LogP contribution in [0.4, 0.5) is 5.69 Å². The molecule has 4 nitrogen and oxygen atoms in total. The lowest BCUT2D eigenvalue weighted by atomic mass is 9.79. The number of anilines is 1. The molecule has 0 fully saturated rings. The van der Waals surface area contributed by atoms with Crippen molar-refractivity contribution in [3.63, 3.8) is 0 Å². The van der Waals surface area contributed by atoms with Gasteiger partial charge in [0.05, 0.1) is 17.7 Å². The average Bonchev–Trinajstić information content (AvgIpc) is 3.59. The van der Waals surface area contributed by atoms with E-state index in [4.69, 9.17) is 10.5 Å². The van der Waals surface area contributed by atoms with Gasteiger partial charge in [-0.2, -0.15) is 0 Å². The highest BCUT2D eigenvalue weighted by Crippen LogP contribution is 2.52. The first-order chi connectivity index (χ1) is 17.0. The topological polar surface area (TPSA) is 55.6 Å². The van der Waals surface area contributed by atoms with Gasteiger partial charge in [0.1, 0.15) is 0 Å². The third kappa shape index (κ3) is 4.33. The Kier molecular flexibility index (Phi) is 6.60. The zero-order valence-corrected chi connectivity index (χ0v) is 21.4. The molecule has 178 valence electrons. The van der Waals surface area contributed by atoms with Crippen molar-refractivity contribution >= 4 is 39.9 Å². The van der Waals surface area contributed by atoms with Gasteiger partial charge in [-0.25, -0.2) is 4.79 Å². The van der Waals surface area contributed by atoms with E-state index in [9.17, 15) is 4.79 Å². The summed E-state index contributed by atoms with van der Waals surface area (Å²) in [6.07, 6.45) is 0.367. The highest BCUT2D eigenvalue weighted by Gasteiger charge is 2.52. The van der Waals surface area contributed by atoms with E-state index in [0.29, 0.717) is 12.0 Å². The maximum atomic E-state index is 13.9. The van der Waals surface area contributed by atoms with Gasteiger partial charge in [0.2, 0.25) is 0 Å². The number of nitrogens with zero attached hydrogens (tertiary/aromatic N) is 1. The van der Waals surface area contributed by atoms with Gasteiger partial charge in [-0.05, 0) is 66.4 Å². The number of benzene rings is 2. The number of thiophene rings is 2. The molecule has 0 spiro atoms. The lowest BCUT2D eigenvalue weighted by molar-refractivity contribution is -0.143. The van der Waals surface area contributed by atoms with Gasteiger partial charge in [0.25, 0.3) is 0 Å². The van der Waals surface area contributed by atoms with Crippen LogP contribution < -0.4 is 10.6 Å². The van der Waals surface area contributed by atoms with E-state index in [2.05, 4.69) is 46.7 Å². The lowest BCUT2D eigenvalue weighted by Crippen LogP contribution is -2.60. The molecular formula is C29H28N2O2S2. The number of rotatable bonds is 6. The summed E-state index contributed by atoms with van der Waals surface area (Å²) in [4.78, 5) is 18.2. The number of esters is 1. The van der Waals surface area contributed by atoms with Crippen LogP contribution in [0.5, 0.6) is 0 Å². The van der Waals surface area contributed by atoms with Crippen molar-refractivity contribution in [1.82, 2.24) is 0 Å². The molecule has 2 unspecified atom stereocenters. The van der Waals surface area contributed by atoms with Crippen LogP contribution in [0.25, 0.3) is 5.57 Å². The molecule has 2 aromatic heterocycles. The molecule has 0 saturated carbocycles. The van der Waals surface area contributed by atoms with Crippen molar-refractivity contribution in [1.29, 1.82) is 0 Å². The predicted octanol–water partition coefficient (Wildman–Crippen LogP) is 6.98. The van der Waals surface area contributed by atoms with Gasteiger partial charge in [0.15, 0.2) is 5.66 Å². The van der Waals surface area contributed by atoms with Crippen LogP contribution in [0.2, 0.25) is 0 Å². The Morgan fingerprint density at radius 2 is 1.60 bits per heavy atom. The summed E-state index contributed by atoms with van der Waals surface area (Å²) < 4.78 is 5.85. The van der Waals surface area contributed by atoms with Crippen LogP contribution in [0.3, 0.4) is 0 Å². The quantitative estimate of drug-likeness (QED) is 0.290. The second kappa shape index (κ2) is 9.82. The monoisotopic (exact) mass is 500 g/mol. The Hall–Kier alpha value is -3.19. The van der Waals surface area contributed by atoms with Gasteiger partial charge >= 0.3 is 5.97 Å². The van der Waals surface area contributed by atoms with Crippen molar-refractivity contribution in [2.24, 2.45) is 5.73 Å². The van der Waals surface area contributed by atoms with Crippen molar-refractivity contribution < 1.29 is 9.53 Å². The van der Waals surface area contributed by atoms with Crippen LogP contribution in [0.1, 0.15) is 41.6 Å². The molecular weight excluding hydrogens is 472 g/mol. The Morgan fingerprint density at radius 1 is 0.943 bits per heavy atom. The van der Waals surface area contributed by atoms with Crippen LogP contribution in [-0.4, -0.2) is 12.1 Å². The first-order valence-electron chi connectivity index (χ1n) is 11.7. The molecule has 0 aliphatic carbocycles. The fourth-order valence-electron chi connectivity index (χ4n) is 4.85. The number of nitrogens with two attached hydrogens (primary N) is 1. The third-order valence-corrected chi connectivity index (χ3v) is 8.21. The van der Waals surface area contributed by atoms with E-state index in [1.54, 1.807) is 22.7 Å². The van der Waals surface area contributed by atoms with E-state index in [1.165, 1.54) is 4.88 Å². The molecule has 4 aromatic rings. The number of hydrogen-bond acceptors (Lipinski definition) is 6. The second-order valence-electron chi connectivity index (χ2n) is 8.86. The SMILES string of the molecule is CC(C)OC(=O)C1=C(c2ccccc2)CC(c2cccs2)N(c2ccccc2)C1(N)c1cccs1. The van der Waals surface area contributed by atoms with Gasteiger partial charge in [-0.15, -0.1) is 22.7 Å². The maximum Gasteiger partial charge on any atom is 0.338 e. The molecule has 0 saturated heterocycles. The Morgan fingerprint density at radius 3 is 2.20 bits per heavy atom. The molecule has 0 amide bonds. The predicted molar refractivity (Wildman–Crippen MR) is 145 cm³/mol. The molecule has 0 bridgehead atoms. The van der Waals surface area contributed by atoms with E-state index in [0.717, 1.165) is 21.7 Å². The zero-order chi connectivity index (χ0) is 24.4. The molecule has 2 atom stereocenters. The summed E-state index contributed by atoms with van der Waals surface area (Å²) >= 11 is 3.27. The van der Waals surface area contributed by atoms with E-state index in [-0.39, 0.29) is 18.1 Å². The minimum atomic E-state index is -1.22. The molecule has 5 rings (SSSR count). The maximum absolute atomic E-state index is 13.9. The minimum absolute atomic E-state index is 0.0599. The first-order valence-corrected chi connectivity index (χ1v) is 13.5. The number of hydrogen-bond donors (Lipinski definition) is 1. The van der Waals surface area contributed by atoms with Gasteiger partial charge in [-0.3, -0.25) is 0 Å². The van der Waals surface area contributed by atoms with Crippen molar-refractivity contribution in [3.8, 4) is 0 Å². The Balaban J connectivity index is 1.85. The number of para-hydroxylation sites is 1. The summed E-state index contributed by atoms with van der Waals surface area (Å²) in [7, 11) is 0. The summed E-state index contributed by atoms with van der Waals surface area (Å²) in [5, 5.41) is 4.10. The second-order valence-corrected chi connectivity index (χ2v) is 10.8. The molecule has 6 heteroatoms. The molecule has 3 heterocycles. The van der Waals surface area contributed by atoms with Crippen molar-refractivity contribution in [2.45, 2.75) is 38.1 Å². The smallest absolute Gasteiger partial charge is 0.338 e. The average molecular weight is 501 g/mol. The van der Waals surface area contributed by atoms with Gasteiger partial charge in [-0.1, -0.05) is 60.7 Å². The highest BCUT2D eigenvalue weighted by atomic mass is 32.1. The van der Waals surface area contributed by atoms with Crippen molar-refractivity contribution in [2.75, 3.05) is 4.90 Å². The van der Waals surface area contributed by atoms with Gasteiger partial charge in [0, 0.05) is 15.4 Å². The summed E-state index contributed by atoms with van der Waals surface area (Å²) in [6, 6.07) is 28.4. The number of carbonyl (C=O) groups is 1. The highest BCUT2D eigenvalue weighted by molar-refractivity contribution is 7.10. The fourth-order valence-corrected chi connectivity index (χ4v) is 6.51. The number of carbonyl (C=O) groups excluding carboxylic acids is 1. The normalized spacial score (nSPS) is 20.3. The van der Waals surface area contributed by atoms with E-state index < -0.39 is 5.66 Å². The van der Waals surface area contributed by atoms with Crippen LogP contribution in [0, 0.1) is 0 Å². The number of ether oxygens (including phenoxy) is 1. The summed E-state index contributed by atoms with van der Waals surface area (Å²) in [5.41, 5.74) is 9.68. The third-order valence-electron chi connectivity index (χ3n) is 6.24. The Labute approximate surface area is 214 Å². The van der Waals surface area contributed by atoms with Crippen molar-refractivity contribution in [3.05, 3.63) is 117 Å².